The second-order valence-electron chi connectivity index (χ2n) is 4.50. The summed E-state index contributed by atoms with van der Waals surface area (Å²) in [6.07, 6.45) is 3.56. The molecule has 0 aromatic carbocycles. The number of halogens is 1. The Bertz CT molecular complexity index is 577. The molecule has 1 aliphatic carbocycles. The average Bonchev–Trinajstić information content (AvgIpc) is 2.74. The van der Waals surface area contributed by atoms with Crippen molar-refractivity contribution in [2.24, 2.45) is 0 Å². The van der Waals surface area contributed by atoms with E-state index in [0.29, 0.717) is 10.4 Å². The third-order valence-corrected chi connectivity index (χ3v) is 5.17. The van der Waals surface area contributed by atoms with E-state index in [0.717, 1.165) is 21.8 Å². The van der Waals surface area contributed by atoms with Crippen molar-refractivity contribution in [1.82, 2.24) is 9.97 Å². The van der Waals surface area contributed by atoms with Crippen molar-refractivity contribution in [3.8, 4) is 0 Å². The zero-order chi connectivity index (χ0) is 12.0. The van der Waals surface area contributed by atoms with E-state index in [4.69, 9.17) is 11.6 Å². The standard InChI is InChI=1S/C12H13ClN2S2/c1-6(2)16-12-14-10(13)9-7-4-3-5-8(7)17-11(9)15-12/h6H,3-5H2,1-2H3. The van der Waals surface area contributed by atoms with Gasteiger partial charge in [0.25, 0.3) is 0 Å². The summed E-state index contributed by atoms with van der Waals surface area (Å²) < 4.78 is 0. The predicted octanol–water partition coefficient (Wildman–Crippen LogP) is 4.33. The van der Waals surface area contributed by atoms with Crippen molar-refractivity contribution >= 4 is 44.9 Å². The molecule has 1 aliphatic rings. The van der Waals surface area contributed by atoms with Gasteiger partial charge in [0.15, 0.2) is 5.16 Å². The molecule has 0 unspecified atom stereocenters. The Hall–Kier alpha value is -0.320. The summed E-state index contributed by atoms with van der Waals surface area (Å²) in [7, 11) is 0. The maximum absolute atomic E-state index is 6.31. The summed E-state index contributed by atoms with van der Waals surface area (Å²) >= 11 is 9.77. The Morgan fingerprint density at radius 3 is 2.88 bits per heavy atom. The van der Waals surface area contributed by atoms with Crippen molar-refractivity contribution in [3.05, 3.63) is 15.6 Å². The molecule has 0 radical (unpaired) electrons. The van der Waals surface area contributed by atoms with E-state index >= 15 is 0 Å². The zero-order valence-electron chi connectivity index (χ0n) is 9.79. The normalized spacial score (nSPS) is 14.8. The van der Waals surface area contributed by atoms with E-state index in [1.807, 2.05) is 0 Å². The van der Waals surface area contributed by atoms with Crippen LogP contribution in [-0.4, -0.2) is 15.2 Å². The maximum Gasteiger partial charge on any atom is 0.190 e. The topological polar surface area (TPSA) is 25.8 Å². The predicted molar refractivity (Wildman–Crippen MR) is 75.4 cm³/mol. The van der Waals surface area contributed by atoms with E-state index in [-0.39, 0.29) is 0 Å². The first-order chi connectivity index (χ1) is 8.15. The molecule has 2 aromatic heterocycles. The molecule has 0 bridgehead atoms. The Balaban J connectivity index is 2.15. The van der Waals surface area contributed by atoms with Gasteiger partial charge in [-0.3, -0.25) is 0 Å². The van der Waals surface area contributed by atoms with Crippen LogP contribution in [0.25, 0.3) is 10.2 Å². The highest BCUT2D eigenvalue weighted by Crippen LogP contribution is 2.40. The summed E-state index contributed by atoms with van der Waals surface area (Å²) in [5.41, 5.74) is 1.40. The van der Waals surface area contributed by atoms with Crippen LogP contribution in [0.4, 0.5) is 0 Å². The lowest BCUT2D eigenvalue weighted by molar-refractivity contribution is 0.915. The zero-order valence-corrected chi connectivity index (χ0v) is 12.2. The molecular weight excluding hydrogens is 272 g/mol. The Labute approximate surface area is 114 Å². The van der Waals surface area contributed by atoms with E-state index < -0.39 is 0 Å². The molecule has 0 aliphatic heterocycles. The Kier molecular flexibility index (Phi) is 3.05. The van der Waals surface area contributed by atoms with Gasteiger partial charge in [0.05, 0.1) is 5.39 Å². The lowest BCUT2D eigenvalue weighted by Crippen LogP contribution is -1.93. The van der Waals surface area contributed by atoms with E-state index in [1.165, 1.54) is 23.3 Å². The molecule has 3 rings (SSSR count). The second kappa shape index (κ2) is 4.41. The number of hydrogen-bond donors (Lipinski definition) is 0. The second-order valence-corrected chi connectivity index (χ2v) is 7.49. The van der Waals surface area contributed by atoms with Crippen molar-refractivity contribution in [2.45, 2.75) is 43.5 Å². The molecule has 90 valence electrons. The van der Waals surface area contributed by atoms with Gasteiger partial charge in [0.2, 0.25) is 0 Å². The highest BCUT2D eigenvalue weighted by atomic mass is 35.5. The summed E-state index contributed by atoms with van der Waals surface area (Å²) in [5.74, 6) is 0. The third kappa shape index (κ3) is 2.07. The number of fused-ring (bicyclic) bond motifs is 3. The molecule has 0 atom stereocenters. The molecule has 2 nitrogen and oxygen atoms in total. The summed E-state index contributed by atoms with van der Waals surface area (Å²) in [6, 6.07) is 0. The van der Waals surface area contributed by atoms with Gasteiger partial charge in [-0.1, -0.05) is 37.2 Å². The molecule has 0 amide bonds. The Morgan fingerprint density at radius 1 is 1.29 bits per heavy atom. The smallest absolute Gasteiger partial charge is 0.190 e. The van der Waals surface area contributed by atoms with Crippen LogP contribution in [0.15, 0.2) is 5.16 Å². The first-order valence-electron chi connectivity index (χ1n) is 5.79. The molecule has 0 fully saturated rings. The maximum atomic E-state index is 6.31. The van der Waals surface area contributed by atoms with Crippen LogP contribution in [0.1, 0.15) is 30.7 Å². The van der Waals surface area contributed by atoms with Crippen LogP contribution in [0.2, 0.25) is 5.15 Å². The summed E-state index contributed by atoms with van der Waals surface area (Å²) in [6.45, 7) is 4.28. The molecule has 2 aromatic rings. The van der Waals surface area contributed by atoms with Crippen LogP contribution in [-0.2, 0) is 12.8 Å². The van der Waals surface area contributed by atoms with Gasteiger partial charge in [-0.05, 0) is 24.8 Å². The molecule has 0 N–H and O–H groups in total. The fraction of sp³-hybridized carbons (Fsp3) is 0.500. The molecule has 5 heteroatoms. The van der Waals surface area contributed by atoms with Gasteiger partial charge >= 0.3 is 0 Å². The quantitative estimate of drug-likeness (QED) is 0.466. The minimum atomic E-state index is 0.482. The molecule has 0 saturated carbocycles. The molecule has 0 saturated heterocycles. The highest BCUT2D eigenvalue weighted by Gasteiger charge is 2.21. The van der Waals surface area contributed by atoms with E-state index in [1.54, 1.807) is 23.1 Å². The van der Waals surface area contributed by atoms with Gasteiger partial charge in [-0.2, -0.15) is 0 Å². The highest BCUT2D eigenvalue weighted by molar-refractivity contribution is 7.99. The minimum Gasteiger partial charge on any atom is -0.211 e. The number of hydrogen-bond acceptors (Lipinski definition) is 4. The molecule has 17 heavy (non-hydrogen) atoms. The summed E-state index contributed by atoms with van der Waals surface area (Å²) in [5, 5.41) is 3.03. The van der Waals surface area contributed by atoms with Gasteiger partial charge in [0, 0.05) is 10.1 Å². The molecular formula is C12H13ClN2S2. The fourth-order valence-corrected chi connectivity index (χ4v) is 4.61. The number of rotatable bonds is 2. The van der Waals surface area contributed by atoms with Crippen LogP contribution >= 0.6 is 34.7 Å². The van der Waals surface area contributed by atoms with Crippen molar-refractivity contribution in [1.29, 1.82) is 0 Å². The van der Waals surface area contributed by atoms with Crippen molar-refractivity contribution in [2.75, 3.05) is 0 Å². The fourth-order valence-electron chi connectivity index (χ4n) is 2.20. The largest absolute Gasteiger partial charge is 0.211 e. The van der Waals surface area contributed by atoms with Crippen LogP contribution in [0.5, 0.6) is 0 Å². The number of aromatic nitrogens is 2. The van der Waals surface area contributed by atoms with Crippen LogP contribution in [0.3, 0.4) is 0 Å². The molecule has 2 heterocycles. The summed E-state index contributed by atoms with van der Waals surface area (Å²) in [4.78, 5) is 11.6. The Morgan fingerprint density at radius 2 is 2.12 bits per heavy atom. The van der Waals surface area contributed by atoms with Crippen molar-refractivity contribution in [3.63, 3.8) is 0 Å². The van der Waals surface area contributed by atoms with Crippen LogP contribution < -0.4 is 0 Å². The lowest BCUT2D eigenvalue weighted by Gasteiger charge is -2.04. The van der Waals surface area contributed by atoms with E-state index in [9.17, 15) is 0 Å². The van der Waals surface area contributed by atoms with Gasteiger partial charge in [-0.15, -0.1) is 11.3 Å². The minimum absolute atomic E-state index is 0.482. The monoisotopic (exact) mass is 284 g/mol. The number of thiophene rings is 1. The third-order valence-electron chi connectivity index (χ3n) is 2.84. The number of nitrogens with zero attached hydrogens (tertiary/aromatic N) is 2. The van der Waals surface area contributed by atoms with E-state index in [2.05, 4.69) is 23.8 Å². The van der Waals surface area contributed by atoms with Crippen molar-refractivity contribution < 1.29 is 0 Å². The molecule has 0 spiro atoms. The first-order valence-corrected chi connectivity index (χ1v) is 7.87. The lowest BCUT2D eigenvalue weighted by atomic mass is 10.2. The average molecular weight is 285 g/mol. The van der Waals surface area contributed by atoms with Gasteiger partial charge in [0.1, 0.15) is 9.98 Å². The van der Waals surface area contributed by atoms with Gasteiger partial charge < -0.3 is 0 Å². The first kappa shape index (κ1) is 11.8. The number of thioether (sulfide) groups is 1. The SMILES string of the molecule is CC(C)Sc1nc(Cl)c2c3c(sc2n1)CCC3. The van der Waals surface area contributed by atoms with Gasteiger partial charge in [-0.25, -0.2) is 9.97 Å². The number of aryl methyl sites for hydroxylation is 2. The van der Waals surface area contributed by atoms with Crippen LogP contribution in [0, 0.1) is 0 Å².